The van der Waals surface area contributed by atoms with Crippen molar-refractivity contribution in [3.05, 3.63) is 96.2 Å². The highest BCUT2D eigenvalue weighted by atomic mass is 32.2. The predicted octanol–water partition coefficient (Wildman–Crippen LogP) is 5.05. The van der Waals surface area contributed by atoms with E-state index in [1.54, 1.807) is 36.1 Å². The highest BCUT2D eigenvalue weighted by Gasteiger charge is 2.26. The average Bonchev–Trinajstić information content (AvgIpc) is 3.39. The first-order valence-electron chi connectivity index (χ1n) is 12.7. The Kier molecular flexibility index (Phi) is 7.33. The number of rotatable bonds is 7. The van der Waals surface area contributed by atoms with Gasteiger partial charge in [0.2, 0.25) is 0 Å². The summed E-state index contributed by atoms with van der Waals surface area (Å²) in [6, 6.07) is 26.4. The highest BCUT2D eigenvalue weighted by Crippen LogP contribution is 2.28. The van der Waals surface area contributed by atoms with Crippen LogP contribution in [0.2, 0.25) is 0 Å². The van der Waals surface area contributed by atoms with Crippen LogP contribution in [-0.2, 0) is 16.3 Å². The Morgan fingerprint density at radius 1 is 0.947 bits per heavy atom. The zero-order chi connectivity index (χ0) is 26.7. The number of methoxy groups -OCH3 is 1. The molecule has 38 heavy (non-hydrogen) atoms. The fourth-order valence-corrected chi connectivity index (χ4v) is 5.56. The molecule has 0 bridgehead atoms. The van der Waals surface area contributed by atoms with E-state index in [2.05, 4.69) is 24.3 Å². The lowest BCUT2D eigenvalue weighted by Gasteiger charge is -2.31. The van der Waals surface area contributed by atoms with Crippen LogP contribution in [0.1, 0.15) is 28.9 Å². The number of carbonyl (C=O) groups is 1. The van der Waals surface area contributed by atoms with Crippen molar-refractivity contribution in [2.45, 2.75) is 24.2 Å². The van der Waals surface area contributed by atoms with Gasteiger partial charge in [0, 0.05) is 24.9 Å². The Bertz CT molecular complexity index is 1500. The van der Waals surface area contributed by atoms with Crippen molar-refractivity contribution in [2.75, 3.05) is 26.5 Å². The standard InChI is InChI=1S/C30H31N3O4S/c1-37-26-12-8-24(9-13-26)29-21-28(31-33(29)25-10-14-27(15-11-25)38(2,35)36)30(34)32-18-16-23(17-19-32)20-22-6-4-3-5-7-22/h3-15,21,23H,16-20H2,1-2H3. The second-order valence-electron chi connectivity index (χ2n) is 9.75. The van der Waals surface area contributed by atoms with E-state index >= 15 is 0 Å². The minimum atomic E-state index is -3.32. The summed E-state index contributed by atoms with van der Waals surface area (Å²) in [5.74, 6) is 1.19. The summed E-state index contributed by atoms with van der Waals surface area (Å²) in [7, 11) is -1.71. The number of amides is 1. The first-order chi connectivity index (χ1) is 18.3. The van der Waals surface area contributed by atoms with Crippen LogP contribution >= 0.6 is 0 Å². The lowest BCUT2D eigenvalue weighted by Crippen LogP contribution is -2.39. The van der Waals surface area contributed by atoms with Gasteiger partial charge < -0.3 is 9.64 Å². The summed E-state index contributed by atoms with van der Waals surface area (Å²) in [5, 5.41) is 4.70. The average molecular weight is 530 g/mol. The molecule has 4 aromatic rings. The molecule has 0 N–H and O–H groups in total. The maximum absolute atomic E-state index is 13.5. The summed E-state index contributed by atoms with van der Waals surface area (Å²) in [6.45, 7) is 1.40. The third kappa shape index (κ3) is 5.65. The van der Waals surface area contributed by atoms with Crippen molar-refractivity contribution in [3.63, 3.8) is 0 Å². The van der Waals surface area contributed by atoms with Gasteiger partial charge in [0.1, 0.15) is 5.75 Å². The molecular weight excluding hydrogens is 498 g/mol. The van der Waals surface area contributed by atoms with Gasteiger partial charge >= 0.3 is 0 Å². The molecule has 7 nitrogen and oxygen atoms in total. The fourth-order valence-electron chi connectivity index (χ4n) is 4.93. The van der Waals surface area contributed by atoms with E-state index in [0.29, 0.717) is 30.4 Å². The van der Waals surface area contributed by atoms with Crippen LogP contribution in [0.25, 0.3) is 16.9 Å². The van der Waals surface area contributed by atoms with E-state index in [-0.39, 0.29) is 10.8 Å². The number of sulfone groups is 1. The normalized spacial score (nSPS) is 14.4. The number of hydrogen-bond donors (Lipinski definition) is 0. The molecule has 2 heterocycles. The number of likely N-dealkylation sites (tertiary alicyclic amines) is 1. The number of benzene rings is 3. The van der Waals surface area contributed by atoms with E-state index in [1.807, 2.05) is 41.3 Å². The van der Waals surface area contributed by atoms with Gasteiger partial charge in [-0.15, -0.1) is 0 Å². The maximum atomic E-state index is 13.5. The summed E-state index contributed by atoms with van der Waals surface area (Å²) in [4.78, 5) is 15.6. The van der Waals surface area contributed by atoms with Crippen molar-refractivity contribution >= 4 is 15.7 Å². The smallest absolute Gasteiger partial charge is 0.274 e. The van der Waals surface area contributed by atoms with Crippen molar-refractivity contribution in [1.29, 1.82) is 0 Å². The van der Waals surface area contributed by atoms with Crippen LogP contribution in [0.3, 0.4) is 0 Å². The van der Waals surface area contributed by atoms with E-state index in [4.69, 9.17) is 9.84 Å². The Morgan fingerprint density at radius 3 is 2.21 bits per heavy atom. The van der Waals surface area contributed by atoms with Crippen LogP contribution in [0, 0.1) is 5.92 Å². The molecule has 1 aliphatic rings. The number of piperidine rings is 1. The quantitative estimate of drug-likeness (QED) is 0.335. The summed E-state index contributed by atoms with van der Waals surface area (Å²) in [5.41, 5.74) is 3.98. The Balaban J connectivity index is 1.40. The molecule has 1 aliphatic heterocycles. The van der Waals surface area contributed by atoms with Crippen molar-refractivity contribution in [2.24, 2.45) is 5.92 Å². The molecule has 3 aromatic carbocycles. The molecule has 0 radical (unpaired) electrons. The monoisotopic (exact) mass is 529 g/mol. The predicted molar refractivity (Wildman–Crippen MR) is 147 cm³/mol. The van der Waals surface area contributed by atoms with Crippen molar-refractivity contribution in [1.82, 2.24) is 14.7 Å². The molecule has 1 amide bonds. The molecule has 1 saturated heterocycles. The van der Waals surface area contributed by atoms with Crippen LogP contribution in [0.5, 0.6) is 5.75 Å². The number of nitrogens with zero attached hydrogens (tertiary/aromatic N) is 3. The van der Waals surface area contributed by atoms with E-state index in [9.17, 15) is 13.2 Å². The van der Waals surface area contributed by atoms with Gasteiger partial charge in [-0.2, -0.15) is 5.10 Å². The zero-order valence-electron chi connectivity index (χ0n) is 21.6. The molecule has 196 valence electrons. The second-order valence-corrected chi connectivity index (χ2v) is 11.8. The lowest BCUT2D eigenvalue weighted by molar-refractivity contribution is 0.0684. The Labute approximate surface area is 223 Å². The van der Waals surface area contributed by atoms with E-state index < -0.39 is 9.84 Å². The molecule has 1 fully saturated rings. The molecule has 0 atom stereocenters. The summed E-state index contributed by atoms with van der Waals surface area (Å²) >= 11 is 0. The Hall–Kier alpha value is -3.91. The van der Waals surface area contributed by atoms with Crippen molar-refractivity contribution < 1.29 is 17.9 Å². The molecule has 5 rings (SSSR count). The van der Waals surface area contributed by atoms with E-state index in [0.717, 1.165) is 36.3 Å². The lowest BCUT2D eigenvalue weighted by atomic mass is 9.90. The molecule has 0 unspecified atom stereocenters. The van der Waals surface area contributed by atoms with Gasteiger partial charge in [0.15, 0.2) is 15.5 Å². The van der Waals surface area contributed by atoms with Gasteiger partial charge in [-0.3, -0.25) is 4.79 Å². The first kappa shape index (κ1) is 25.7. The molecule has 0 spiro atoms. The molecule has 0 aliphatic carbocycles. The number of hydrogen-bond acceptors (Lipinski definition) is 5. The topological polar surface area (TPSA) is 81.5 Å². The van der Waals surface area contributed by atoms with Crippen LogP contribution in [0.15, 0.2) is 89.8 Å². The molecular formula is C30H31N3O4S. The molecule has 1 aromatic heterocycles. The Morgan fingerprint density at radius 2 is 1.61 bits per heavy atom. The zero-order valence-corrected chi connectivity index (χ0v) is 22.4. The largest absolute Gasteiger partial charge is 0.497 e. The minimum absolute atomic E-state index is 0.0931. The van der Waals surface area contributed by atoms with Crippen LogP contribution < -0.4 is 4.74 Å². The maximum Gasteiger partial charge on any atom is 0.274 e. The van der Waals surface area contributed by atoms with Crippen molar-refractivity contribution in [3.8, 4) is 22.7 Å². The van der Waals surface area contributed by atoms with Gasteiger partial charge in [0.05, 0.1) is 23.4 Å². The second kappa shape index (κ2) is 10.8. The fraction of sp³-hybridized carbons (Fsp3) is 0.267. The van der Waals surface area contributed by atoms with Crippen LogP contribution in [-0.4, -0.2) is 55.5 Å². The minimum Gasteiger partial charge on any atom is -0.497 e. The van der Waals surface area contributed by atoms with Crippen LogP contribution in [0.4, 0.5) is 0 Å². The molecule has 8 heteroatoms. The number of ether oxygens (including phenoxy) is 1. The number of carbonyl (C=O) groups excluding carboxylic acids is 1. The first-order valence-corrected chi connectivity index (χ1v) is 14.6. The highest BCUT2D eigenvalue weighted by molar-refractivity contribution is 7.90. The third-order valence-corrected chi connectivity index (χ3v) is 8.22. The van der Waals surface area contributed by atoms with Gasteiger partial charge in [0.25, 0.3) is 5.91 Å². The number of aromatic nitrogens is 2. The summed E-state index contributed by atoms with van der Waals surface area (Å²) < 4.78 is 30.9. The summed E-state index contributed by atoms with van der Waals surface area (Å²) in [6.07, 6.45) is 4.13. The van der Waals surface area contributed by atoms with Gasteiger partial charge in [-0.1, -0.05) is 30.3 Å². The van der Waals surface area contributed by atoms with Gasteiger partial charge in [-0.05, 0) is 85.3 Å². The molecule has 0 saturated carbocycles. The van der Waals surface area contributed by atoms with Gasteiger partial charge in [-0.25, -0.2) is 13.1 Å². The third-order valence-electron chi connectivity index (χ3n) is 7.09. The van der Waals surface area contributed by atoms with E-state index in [1.165, 1.54) is 11.8 Å². The SMILES string of the molecule is COc1ccc(-c2cc(C(=O)N3CCC(Cc4ccccc4)CC3)nn2-c2ccc(S(C)(=O)=O)cc2)cc1.